The average molecular weight is 707 g/mol. The molecule has 2 radical (unpaired) electrons. The first-order valence-corrected chi connectivity index (χ1v) is 16.1. The van der Waals surface area contributed by atoms with Gasteiger partial charge in [-0.2, -0.15) is 32.2 Å². The molecule has 236 valence electrons. The topological polar surface area (TPSA) is 223 Å². The summed E-state index contributed by atoms with van der Waals surface area (Å²) in [7, 11) is -8.89. The normalized spacial score (nSPS) is 12.1. The molecule has 48 heavy (non-hydrogen) atoms. The van der Waals surface area contributed by atoms with Crippen LogP contribution in [0.5, 0.6) is 11.5 Å². The number of azo groups is 3. The van der Waals surface area contributed by atoms with Crippen molar-refractivity contribution < 1.29 is 36.2 Å². The minimum atomic E-state index is -4.49. The molecular formula is C30H24N6Na2O8S2. The number of hydrogen-bond acceptors (Lipinski definition) is 12. The molecule has 4 N–H and O–H groups in total. The first-order chi connectivity index (χ1) is 21.7. The molecule has 0 atom stereocenters. The Bertz CT molecular complexity index is 2330. The molecule has 0 fully saturated rings. The summed E-state index contributed by atoms with van der Waals surface area (Å²) in [5.74, 6) is -0.783. The van der Waals surface area contributed by atoms with Crippen LogP contribution in [0.25, 0.3) is 10.8 Å². The largest absolute Gasteiger partial charge is 0.505 e. The van der Waals surface area contributed by atoms with Gasteiger partial charge in [0, 0.05) is 82.0 Å². The van der Waals surface area contributed by atoms with E-state index in [9.17, 15) is 36.2 Å². The van der Waals surface area contributed by atoms with Crippen LogP contribution >= 0.6 is 0 Å². The Hall–Kier alpha value is -3.42. The molecular weight excluding hydrogens is 682 g/mol. The quantitative estimate of drug-likeness (QED) is 0.0704. The minimum Gasteiger partial charge on any atom is -0.505 e. The second-order valence-corrected chi connectivity index (χ2v) is 12.7. The monoisotopic (exact) mass is 706 g/mol. The molecule has 0 aliphatic heterocycles. The van der Waals surface area contributed by atoms with Crippen LogP contribution < -0.4 is 0 Å². The second kappa shape index (κ2) is 15.9. The fraction of sp³-hybridized carbons (Fsp3) is 0.0667. The molecule has 14 nitrogen and oxygen atoms in total. The fourth-order valence-electron chi connectivity index (χ4n) is 4.28. The Morgan fingerprint density at radius 3 is 1.69 bits per heavy atom. The zero-order chi connectivity index (χ0) is 33.2. The number of rotatable bonds is 8. The van der Waals surface area contributed by atoms with Crippen LogP contribution in [0, 0.1) is 13.8 Å². The van der Waals surface area contributed by atoms with Gasteiger partial charge in [-0.3, -0.25) is 9.11 Å². The molecule has 5 aromatic carbocycles. The molecule has 0 saturated carbocycles. The van der Waals surface area contributed by atoms with Gasteiger partial charge in [0.2, 0.25) is 0 Å². The number of nitrogens with zero attached hydrogens (tertiary/aromatic N) is 6. The molecule has 5 aromatic rings. The van der Waals surface area contributed by atoms with Gasteiger partial charge in [-0.25, -0.2) is 0 Å². The molecule has 0 saturated heterocycles. The van der Waals surface area contributed by atoms with Crippen LogP contribution in [-0.2, 0) is 20.2 Å². The molecule has 0 spiro atoms. The van der Waals surface area contributed by atoms with Crippen molar-refractivity contribution in [3.63, 3.8) is 0 Å². The standard InChI is InChI=1S/C30H24N6O8S2.2Na/c1-17-7-9-20(45(39,40)41)14-25(17)34-32-23-10-8-19(13-18(23)2)31-35-26-15-27(29(38)16-28(26)37)36-33-24-11-12-30(46(42,43)44)22-6-4-3-5-21(22)24;;/h3-16,37-38H,1-2H3,(H,39,40,41)(H,42,43,44);;. The molecule has 0 aliphatic carbocycles. The Kier molecular flexibility index (Phi) is 12.9. The maximum Gasteiger partial charge on any atom is 0.295 e. The van der Waals surface area contributed by atoms with E-state index in [0.717, 1.165) is 6.07 Å². The molecule has 5 rings (SSSR count). The molecule has 0 heterocycles. The van der Waals surface area contributed by atoms with Gasteiger partial charge < -0.3 is 10.2 Å². The minimum absolute atomic E-state index is 0. The van der Waals surface area contributed by atoms with Crippen LogP contribution in [-0.4, -0.2) is 95.3 Å². The van der Waals surface area contributed by atoms with Crippen molar-refractivity contribution in [2.24, 2.45) is 30.7 Å². The Balaban J connectivity index is 0.00000312. The van der Waals surface area contributed by atoms with Gasteiger partial charge in [-0.1, -0.05) is 30.3 Å². The van der Waals surface area contributed by atoms with Gasteiger partial charge in [0.25, 0.3) is 20.2 Å². The summed E-state index contributed by atoms with van der Waals surface area (Å²) in [5, 5.41) is 46.0. The predicted octanol–water partition coefficient (Wildman–Crippen LogP) is 7.85. The van der Waals surface area contributed by atoms with Crippen molar-refractivity contribution >= 4 is 124 Å². The fourth-order valence-corrected chi connectivity index (χ4v) is 5.48. The maximum atomic E-state index is 11.8. The van der Waals surface area contributed by atoms with Gasteiger partial charge in [0.05, 0.1) is 27.6 Å². The van der Waals surface area contributed by atoms with Crippen molar-refractivity contribution in [2.45, 2.75) is 23.6 Å². The summed E-state index contributed by atoms with van der Waals surface area (Å²) in [4.78, 5) is -0.589. The molecule has 0 unspecified atom stereocenters. The van der Waals surface area contributed by atoms with Crippen molar-refractivity contribution in [1.82, 2.24) is 0 Å². The third-order valence-corrected chi connectivity index (χ3v) is 8.44. The van der Waals surface area contributed by atoms with Crippen LogP contribution in [0.1, 0.15) is 11.1 Å². The van der Waals surface area contributed by atoms with Gasteiger partial charge in [-0.05, 0) is 67.4 Å². The Morgan fingerprint density at radius 2 is 1.06 bits per heavy atom. The first-order valence-electron chi connectivity index (χ1n) is 13.2. The Morgan fingerprint density at radius 1 is 0.500 bits per heavy atom. The molecule has 0 amide bonds. The predicted molar refractivity (Wildman–Crippen MR) is 180 cm³/mol. The van der Waals surface area contributed by atoms with Crippen LogP contribution in [0.4, 0.5) is 34.1 Å². The summed E-state index contributed by atoms with van der Waals surface area (Å²) in [6, 6.07) is 20.1. The second-order valence-electron chi connectivity index (χ2n) is 9.93. The van der Waals surface area contributed by atoms with Crippen LogP contribution in [0.2, 0.25) is 0 Å². The van der Waals surface area contributed by atoms with Crippen molar-refractivity contribution in [3.8, 4) is 11.5 Å². The summed E-state index contributed by atoms with van der Waals surface area (Å²) in [5.41, 5.74) is 2.58. The van der Waals surface area contributed by atoms with E-state index in [-0.39, 0.29) is 103 Å². The zero-order valence-corrected chi connectivity index (χ0v) is 31.6. The average Bonchev–Trinajstić information content (AvgIpc) is 2.99. The van der Waals surface area contributed by atoms with E-state index in [1.165, 1.54) is 42.5 Å². The van der Waals surface area contributed by atoms with Gasteiger partial charge in [0.1, 0.15) is 27.8 Å². The van der Waals surface area contributed by atoms with Crippen molar-refractivity contribution in [3.05, 3.63) is 96.1 Å². The molecule has 0 bridgehead atoms. The summed E-state index contributed by atoms with van der Waals surface area (Å²) < 4.78 is 65.3. The number of phenolic OH excluding ortho intramolecular Hbond substituents is 2. The van der Waals surface area contributed by atoms with Gasteiger partial charge in [-0.15, -0.1) is 15.3 Å². The SMILES string of the molecule is Cc1cc(N=Nc2cc(N=Nc3ccc(S(=O)(=O)O)c4ccccc34)c(O)cc2O)ccc1N=Nc1cc(S(=O)(=O)O)ccc1C.[Na].[Na]. The number of aromatic hydroxyl groups is 2. The molecule has 0 aliphatic rings. The van der Waals surface area contributed by atoms with Crippen LogP contribution in [0.15, 0.2) is 125 Å². The van der Waals surface area contributed by atoms with Gasteiger partial charge >= 0.3 is 0 Å². The third kappa shape index (κ3) is 9.17. The number of aryl methyl sites for hydroxylation is 2. The Labute approximate surface area is 319 Å². The van der Waals surface area contributed by atoms with Gasteiger partial charge in [0.15, 0.2) is 0 Å². The third-order valence-electron chi connectivity index (χ3n) is 6.67. The summed E-state index contributed by atoms with van der Waals surface area (Å²) >= 11 is 0. The number of fused-ring (bicyclic) bond motifs is 1. The summed E-state index contributed by atoms with van der Waals surface area (Å²) in [6.07, 6.45) is 0. The van der Waals surface area contributed by atoms with E-state index in [4.69, 9.17) is 0 Å². The van der Waals surface area contributed by atoms with E-state index in [2.05, 4.69) is 30.7 Å². The van der Waals surface area contributed by atoms with Crippen LogP contribution in [0.3, 0.4) is 0 Å². The van der Waals surface area contributed by atoms with E-state index in [0.29, 0.717) is 27.9 Å². The van der Waals surface area contributed by atoms with Crippen molar-refractivity contribution in [2.75, 3.05) is 0 Å². The maximum absolute atomic E-state index is 11.8. The number of benzene rings is 5. The van der Waals surface area contributed by atoms with E-state index in [1.54, 1.807) is 50.2 Å². The smallest absolute Gasteiger partial charge is 0.295 e. The number of phenols is 2. The zero-order valence-electron chi connectivity index (χ0n) is 26.0. The van der Waals surface area contributed by atoms with E-state index < -0.39 is 26.0 Å². The first kappa shape index (κ1) is 39.0. The molecule has 18 heteroatoms. The number of hydrogen-bond donors (Lipinski definition) is 4. The molecule has 0 aromatic heterocycles. The van der Waals surface area contributed by atoms with E-state index in [1.807, 2.05) is 0 Å². The van der Waals surface area contributed by atoms with E-state index >= 15 is 0 Å². The van der Waals surface area contributed by atoms with Crippen molar-refractivity contribution in [1.29, 1.82) is 0 Å². The summed E-state index contributed by atoms with van der Waals surface area (Å²) in [6.45, 7) is 3.47.